The molecule has 2 atom stereocenters. The van der Waals surface area contributed by atoms with Gasteiger partial charge >= 0.3 is 0 Å². The molecule has 2 nitrogen and oxygen atoms in total. The number of hydrogen-bond donors (Lipinski definition) is 1. The Hall–Kier alpha value is -1.02. The third kappa shape index (κ3) is 3.01. The molecule has 1 aromatic rings. The molecule has 0 saturated carbocycles. The van der Waals surface area contributed by atoms with Gasteiger partial charge in [0, 0.05) is 30.7 Å². The topological polar surface area (TPSA) is 15.3 Å². The highest BCUT2D eigenvalue weighted by molar-refractivity contribution is 5.54. The lowest BCUT2D eigenvalue weighted by atomic mass is 9.90. The van der Waals surface area contributed by atoms with Gasteiger partial charge in [-0.3, -0.25) is 4.90 Å². The first-order valence-electron chi connectivity index (χ1n) is 8.45. The maximum atomic E-state index is 3.55. The number of nitrogens with zero attached hydrogens (tertiary/aromatic N) is 1. The fourth-order valence-electron chi connectivity index (χ4n) is 3.96. The number of rotatable bonds is 3. The van der Waals surface area contributed by atoms with Gasteiger partial charge in [-0.25, -0.2) is 0 Å². The normalized spacial score (nSPS) is 27.4. The molecule has 1 fully saturated rings. The van der Waals surface area contributed by atoms with Crippen LogP contribution in [0.5, 0.6) is 0 Å². The minimum absolute atomic E-state index is 0.722. The van der Waals surface area contributed by atoms with Crippen LogP contribution in [0.25, 0.3) is 0 Å². The molecule has 2 unspecified atom stereocenters. The van der Waals surface area contributed by atoms with Crippen molar-refractivity contribution < 1.29 is 0 Å². The predicted molar refractivity (Wildman–Crippen MR) is 86.4 cm³/mol. The molecule has 2 heteroatoms. The third-order valence-electron chi connectivity index (χ3n) is 5.13. The second-order valence-corrected chi connectivity index (χ2v) is 6.41. The lowest BCUT2D eigenvalue weighted by molar-refractivity contribution is 0.180. The van der Waals surface area contributed by atoms with Crippen LogP contribution in [-0.4, -0.2) is 30.6 Å². The van der Waals surface area contributed by atoms with Gasteiger partial charge in [-0.05, 0) is 43.9 Å². The number of hydrogen-bond acceptors (Lipinski definition) is 2. The average Bonchev–Trinajstić information content (AvgIpc) is 2.72. The molecule has 20 heavy (non-hydrogen) atoms. The Balaban J connectivity index is 1.73. The summed E-state index contributed by atoms with van der Waals surface area (Å²) in [5.41, 5.74) is 2.91. The average molecular weight is 272 g/mol. The highest BCUT2D eigenvalue weighted by Crippen LogP contribution is 2.33. The summed E-state index contributed by atoms with van der Waals surface area (Å²) in [5.74, 6) is 0.722. The molecule has 2 heterocycles. The van der Waals surface area contributed by atoms with E-state index in [0.29, 0.717) is 0 Å². The van der Waals surface area contributed by atoms with Gasteiger partial charge in [-0.2, -0.15) is 0 Å². The van der Waals surface area contributed by atoms with Crippen molar-refractivity contribution in [2.75, 3.05) is 25.0 Å². The Morgan fingerprint density at radius 1 is 1.15 bits per heavy atom. The van der Waals surface area contributed by atoms with E-state index in [1.165, 1.54) is 62.9 Å². The summed E-state index contributed by atoms with van der Waals surface area (Å²) in [6.07, 6.45) is 8.25. The van der Waals surface area contributed by atoms with Gasteiger partial charge < -0.3 is 5.32 Å². The van der Waals surface area contributed by atoms with Crippen LogP contribution in [0.2, 0.25) is 0 Å². The quantitative estimate of drug-likeness (QED) is 0.885. The van der Waals surface area contributed by atoms with Crippen molar-refractivity contribution in [1.29, 1.82) is 0 Å². The first-order chi connectivity index (χ1) is 9.88. The molecule has 110 valence electrons. The third-order valence-corrected chi connectivity index (χ3v) is 5.13. The number of nitrogens with one attached hydrogen (secondary N) is 1. The van der Waals surface area contributed by atoms with Crippen LogP contribution in [0.15, 0.2) is 24.3 Å². The number of anilines is 1. The SMILES string of the molecule is CCC1CCCCCN1CC1CCNc2ccccc21. The molecule has 0 bridgehead atoms. The van der Waals surface area contributed by atoms with E-state index in [0.717, 1.165) is 18.5 Å². The summed E-state index contributed by atoms with van der Waals surface area (Å²) in [6.45, 7) is 6.06. The van der Waals surface area contributed by atoms with Crippen LogP contribution >= 0.6 is 0 Å². The molecular weight excluding hydrogens is 244 g/mol. The minimum atomic E-state index is 0.722. The second-order valence-electron chi connectivity index (χ2n) is 6.41. The van der Waals surface area contributed by atoms with Crippen molar-refractivity contribution >= 4 is 5.69 Å². The molecule has 3 rings (SSSR count). The Morgan fingerprint density at radius 3 is 2.95 bits per heavy atom. The zero-order valence-corrected chi connectivity index (χ0v) is 12.8. The van der Waals surface area contributed by atoms with Crippen LogP contribution in [0.3, 0.4) is 0 Å². The van der Waals surface area contributed by atoms with E-state index in [1.54, 1.807) is 0 Å². The van der Waals surface area contributed by atoms with Crippen molar-refractivity contribution in [3.63, 3.8) is 0 Å². The summed E-state index contributed by atoms with van der Waals surface area (Å²) >= 11 is 0. The Morgan fingerprint density at radius 2 is 2.05 bits per heavy atom. The number of fused-ring (bicyclic) bond motifs is 1. The van der Waals surface area contributed by atoms with E-state index in [-0.39, 0.29) is 0 Å². The smallest absolute Gasteiger partial charge is 0.0376 e. The van der Waals surface area contributed by atoms with E-state index in [9.17, 15) is 0 Å². The Kier molecular flexibility index (Phi) is 4.62. The first-order valence-corrected chi connectivity index (χ1v) is 8.45. The molecule has 1 saturated heterocycles. The molecule has 0 aliphatic carbocycles. The van der Waals surface area contributed by atoms with E-state index in [1.807, 2.05) is 0 Å². The summed E-state index contributed by atoms with van der Waals surface area (Å²) in [4.78, 5) is 2.79. The number of likely N-dealkylation sites (tertiary alicyclic amines) is 1. The van der Waals surface area contributed by atoms with Gasteiger partial charge in [-0.1, -0.05) is 38.0 Å². The highest BCUT2D eigenvalue weighted by Gasteiger charge is 2.26. The first kappa shape index (κ1) is 13.9. The van der Waals surface area contributed by atoms with Crippen molar-refractivity contribution in [3.8, 4) is 0 Å². The lowest BCUT2D eigenvalue weighted by Crippen LogP contribution is -2.38. The van der Waals surface area contributed by atoms with Crippen molar-refractivity contribution in [3.05, 3.63) is 29.8 Å². The summed E-state index contributed by atoms with van der Waals surface area (Å²) in [5, 5.41) is 3.55. The molecule has 2 aliphatic rings. The molecule has 2 aliphatic heterocycles. The van der Waals surface area contributed by atoms with Gasteiger partial charge in [0.1, 0.15) is 0 Å². The van der Waals surface area contributed by atoms with Gasteiger partial charge in [0.05, 0.1) is 0 Å². The molecular formula is C18H28N2. The monoisotopic (exact) mass is 272 g/mol. The summed E-state index contributed by atoms with van der Waals surface area (Å²) in [6, 6.07) is 9.72. The minimum Gasteiger partial charge on any atom is -0.385 e. The summed E-state index contributed by atoms with van der Waals surface area (Å²) in [7, 11) is 0. The van der Waals surface area contributed by atoms with Crippen LogP contribution < -0.4 is 5.32 Å². The zero-order valence-electron chi connectivity index (χ0n) is 12.8. The van der Waals surface area contributed by atoms with Gasteiger partial charge in [0.15, 0.2) is 0 Å². The highest BCUT2D eigenvalue weighted by atomic mass is 15.2. The molecule has 0 aromatic heterocycles. The van der Waals surface area contributed by atoms with E-state index >= 15 is 0 Å². The number of para-hydroxylation sites is 1. The van der Waals surface area contributed by atoms with E-state index in [2.05, 4.69) is 41.4 Å². The van der Waals surface area contributed by atoms with Crippen LogP contribution in [-0.2, 0) is 0 Å². The van der Waals surface area contributed by atoms with Gasteiger partial charge in [-0.15, -0.1) is 0 Å². The fourth-order valence-corrected chi connectivity index (χ4v) is 3.96. The number of benzene rings is 1. The summed E-state index contributed by atoms with van der Waals surface area (Å²) < 4.78 is 0. The van der Waals surface area contributed by atoms with E-state index < -0.39 is 0 Å². The van der Waals surface area contributed by atoms with Crippen molar-refractivity contribution in [1.82, 2.24) is 4.90 Å². The zero-order chi connectivity index (χ0) is 13.8. The largest absolute Gasteiger partial charge is 0.385 e. The molecule has 1 N–H and O–H groups in total. The van der Waals surface area contributed by atoms with Crippen molar-refractivity contribution in [2.24, 2.45) is 0 Å². The van der Waals surface area contributed by atoms with Gasteiger partial charge in [0.25, 0.3) is 0 Å². The Labute approximate surface area is 123 Å². The molecule has 0 radical (unpaired) electrons. The maximum Gasteiger partial charge on any atom is 0.0376 e. The second kappa shape index (κ2) is 6.62. The lowest BCUT2D eigenvalue weighted by Gasteiger charge is -2.35. The van der Waals surface area contributed by atoms with Crippen LogP contribution in [0, 0.1) is 0 Å². The predicted octanol–water partition coefficient (Wildman–Crippen LogP) is 4.24. The van der Waals surface area contributed by atoms with Crippen LogP contribution in [0.1, 0.15) is 56.9 Å². The molecule has 0 spiro atoms. The van der Waals surface area contributed by atoms with E-state index in [4.69, 9.17) is 0 Å². The van der Waals surface area contributed by atoms with Crippen LogP contribution in [0.4, 0.5) is 5.69 Å². The molecule has 0 amide bonds. The van der Waals surface area contributed by atoms with Gasteiger partial charge in [0.2, 0.25) is 0 Å². The standard InChI is InChI=1S/C18H28N2/c1-2-16-8-4-3-7-13-20(16)14-15-11-12-19-18-10-6-5-9-17(15)18/h5-6,9-10,15-16,19H,2-4,7-8,11-14H2,1H3. The van der Waals surface area contributed by atoms with Crippen molar-refractivity contribution in [2.45, 2.75) is 57.4 Å². The maximum absolute atomic E-state index is 3.55. The Bertz CT molecular complexity index is 429. The fraction of sp³-hybridized carbons (Fsp3) is 0.667. The molecule has 1 aromatic carbocycles.